The standard InChI is InChI=1S/C51H33N3S/c1-3-14-34(15-4-1)35-28-30-36(31-29-35)38-18-11-19-39(32-38)40-20-12-21-41(33-40)49-52-50(45-24-8-7-22-42(45)37-16-5-2-6-17-37)54-51(53-49)46-26-13-25-44-43-23-9-10-27-47(43)55-48(44)46/h1-33H. The van der Waals surface area contributed by atoms with Gasteiger partial charge in [-0.1, -0.05) is 176 Å². The van der Waals surface area contributed by atoms with Crippen molar-refractivity contribution in [3.8, 4) is 78.7 Å². The van der Waals surface area contributed by atoms with Gasteiger partial charge >= 0.3 is 0 Å². The van der Waals surface area contributed by atoms with Crippen molar-refractivity contribution in [3.63, 3.8) is 0 Å². The van der Waals surface area contributed by atoms with Crippen LogP contribution in [0.3, 0.4) is 0 Å². The van der Waals surface area contributed by atoms with Gasteiger partial charge in [0, 0.05) is 36.9 Å². The van der Waals surface area contributed by atoms with E-state index in [1.807, 2.05) is 6.07 Å². The Morgan fingerprint density at radius 3 is 1.44 bits per heavy atom. The number of aromatic nitrogens is 3. The highest BCUT2D eigenvalue weighted by molar-refractivity contribution is 7.26. The molecule has 0 aliphatic carbocycles. The van der Waals surface area contributed by atoms with Gasteiger partial charge in [0.1, 0.15) is 0 Å². The van der Waals surface area contributed by atoms with Gasteiger partial charge in [-0.15, -0.1) is 11.3 Å². The van der Waals surface area contributed by atoms with Crippen LogP contribution in [-0.2, 0) is 0 Å². The first-order valence-corrected chi connectivity index (χ1v) is 19.3. The maximum absolute atomic E-state index is 5.24. The van der Waals surface area contributed by atoms with Crippen LogP contribution >= 0.6 is 11.3 Å². The van der Waals surface area contributed by atoms with Gasteiger partial charge in [0.05, 0.1) is 0 Å². The first kappa shape index (κ1) is 32.6. The quantitative estimate of drug-likeness (QED) is 0.165. The predicted octanol–water partition coefficient (Wildman–Crippen LogP) is 13.9. The maximum Gasteiger partial charge on any atom is 0.165 e. The van der Waals surface area contributed by atoms with Crippen LogP contribution < -0.4 is 0 Å². The highest BCUT2D eigenvalue weighted by Gasteiger charge is 2.19. The van der Waals surface area contributed by atoms with Gasteiger partial charge in [-0.05, 0) is 68.8 Å². The zero-order chi connectivity index (χ0) is 36.6. The van der Waals surface area contributed by atoms with Gasteiger partial charge in [0.15, 0.2) is 17.5 Å². The van der Waals surface area contributed by atoms with E-state index in [1.54, 1.807) is 11.3 Å². The topological polar surface area (TPSA) is 38.7 Å². The molecule has 10 rings (SSSR count). The number of hydrogen-bond donors (Lipinski definition) is 0. The Morgan fingerprint density at radius 2 is 0.709 bits per heavy atom. The molecule has 0 saturated heterocycles. The minimum Gasteiger partial charge on any atom is -0.208 e. The molecule has 2 aromatic heterocycles. The van der Waals surface area contributed by atoms with E-state index in [-0.39, 0.29) is 0 Å². The number of fused-ring (bicyclic) bond motifs is 3. The molecule has 0 aliphatic rings. The van der Waals surface area contributed by atoms with Crippen LogP contribution in [0.4, 0.5) is 0 Å². The minimum absolute atomic E-state index is 0.635. The van der Waals surface area contributed by atoms with E-state index in [0.717, 1.165) is 38.9 Å². The number of thiophene rings is 1. The lowest BCUT2D eigenvalue weighted by Gasteiger charge is -2.13. The van der Waals surface area contributed by atoms with Gasteiger partial charge in [0.25, 0.3) is 0 Å². The zero-order valence-corrected chi connectivity index (χ0v) is 30.6. The Kier molecular flexibility index (Phi) is 8.36. The minimum atomic E-state index is 0.635. The summed E-state index contributed by atoms with van der Waals surface area (Å²) in [5.74, 6) is 1.94. The first-order valence-electron chi connectivity index (χ1n) is 18.4. The number of hydrogen-bond acceptors (Lipinski definition) is 4. The normalized spacial score (nSPS) is 11.3. The molecule has 0 N–H and O–H groups in total. The molecule has 0 radical (unpaired) electrons. The maximum atomic E-state index is 5.24. The van der Waals surface area contributed by atoms with Crippen LogP contribution in [0.15, 0.2) is 200 Å². The van der Waals surface area contributed by atoms with E-state index in [4.69, 9.17) is 15.0 Å². The summed E-state index contributed by atoms with van der Waals surface area (Å²) in [4.78, 5) is 15.7. The van der Waals surface area contributed by atoms with Gasteiger partial charge in [-0.3, -0.25) is 0 Å². The molecule has 55 heavy (non-hydrogen) atoms. The molecule has 0 fully saturated rings. The Morgan fingerprint density at radius 1 is 0.273 bits per heavy atom. The molecule has 0 amide bonds. The van der Waals surface area contributed by atoms with E-state index in [2.05, 4.69) is 194 Å². The van der Waals surface area contributed by atoms with Gasteiger partial charge in [-0.2, -0.15) is 0 Å². The van der Waals surface area contributed by atoms with Crippen molar-refractivity contribution in [1.82, 2.24) is 15.0 Å². The summed E-state index contributed by atoms with van der Waals surface area (Å²) in [6, 6.07) is 70.4. The molecule has 0 atom stereocenters. The molecule has 0 unspecified atom stereocenters. The van der Waals surface area contributed by atoms with Crippen LogP contribution in [0.5, 0.6) is 0 Å². The fraction of sp³-hybridized carbons (Fsp3) is 0. The van der Waals surface area contributed by atoms with E-state index in [9.17, 15) is 0 Å². The van der Waals surface area contributed by atoms with Crippen LogP contribution in [0.1, 0.15) is 0 Å². The fourth-order valence-electron chi connectivity index (χ4n) is 7.42. The third-order valence-electron chi connectivity index (χ3n) is 10.2. The summed E-state index contributed by atoms with van der Waals surface area (Å²) in [7, 11) is 0. The SMILES string of the molecule is c1ccc(-c2ccc(-c3cccc(-c4cccc(-c5nc(-c6ccccc6-c6ccccc6)nc(-c6cccc7c6sc6ccccc67)n5)c4)c3)cc2)cc1. The van der Waals surface area contributed by atoms with E-state index in [1.165, 1.54) is 42.4 Å². The lowest BCUT2D eigenvalue weighted by atomic mass is 9.96. The molecule has 4 heteroatoms. The summed E-state index contributed by atoms with van der Waals surface area (Å²) in [6.45, 7) is 0. The van der Waals surface area contributed by atoms with E-state index in [0.29, 0.717) is 17.5 Å². The number of rotatable bonds is 7. The fourth-order valence-corrected chi connectivity index (χ4v) is 8.63. The molecule has 8 aromatic carbocycles. The lowest BCUT2D eigenvalue weighted by Crippen LogP contribution is -2.01. The highest BCUT2D eigenvalue weighted by atomic mass is 32.1. The summed E-state index contributed by atoms with van der Waals surface area (Å²) < 4.78 is 2.42. The van der Waals surface area contributed by atoms with Crippen LogP contribution in [0, 0.1) is 0 Å². The summed E-state index contributed by atoms with van der Waals surface area (Å²) in [5.41, 5.74) is 12.1. The zero-order valence-electron chi connectivity index (χ0n) is 29.8. The Hall–Kier alpha value is -7.01. The molecule has 258 valence electrons. The van der Waals surface area contributed by atoms with E-state index >= 15 is 0 Å². The van der Waals surface area contributed by atoms with Crippen molar-refractivity contribution in [1.29, 1.82) is 0 Å². The van der Waals surface area contributed by atoms with Gasteiger partial charge in [0.2, 0.25) is 0 Å². The Bertz CT molecular complexity index is 2970. The van der Waals surface area contributed by atoms with Gasteiger partial charge in [-0.25, -0.2) is 15.0 Å². The molecular formula is C51H33N3S. The van der Waals surface area contributed by atoms with Crippen LogP contribution in [0.25, 0.3) is 98.8 Å². The van der Waals surface area contributed by atoms with Crippen molar-refractivity contribution in [2.45, 2.75) is 0 Å². The van der Waals surface area contributed by atoms with Crippen molar-refractivity contribution < 1.29 is 0 Å². The van der Waals surface area contributed by atoms with Crippen molar-refractivity contribution in [3.05, 3.63) is 200 Å². The molecule has 0 saturated carbocycles. The molecule has 0 spiro atoms. The third kappa shape index (κ3) is 6.29. The average Bonchev–Trinajstić information content (AvgIpc) is 3.66. The molecular weight excluding hydrogens is 687 g/mol. The smallest absolute Gasteiger partial charge is 0.165 e. The third-order valence-corrected chi connectivity index (χ3v) is 11.4. The number of benzene rings is 8. The molecule has 3 nitrogen and oxygen atoms in total. The van der Waals surface area contributed by atoms with Crippen LogP contribution in [0.2, 0.25) is 0 Å². The molecule has 0 bridgehead atoms. The second-order valence-corrected chi connectivity index (χ2v) is 14.7. The monoisotopic (exact) mass is 719 g/mol. The first-order chi connectivity index (χ1) is 27.2. The summed E-state index contributed by atoms with van der Waals surface area (Å²) in [5, 5.41) is 2.46. The second kappa shape index (κ2) is 14.1. The second-order valence-electron chi connectivity index (χ2n) is 13.6. The summed E-state index contributed by atoms with van der Waals surface area (Å²) >= 11 is 1.78. The van der Waals surface area contributed by atoms with Crippen molar-refractivity contribution in [2.75, 3.05) is 0 Å². The molecule has 10 aromatic rings. The number of nitrogens with zero attached hydrogens (tertiary/aromatic N) is 3. The lowest BCUT2D eigenvalue weighted by molar-refractivity contribution is 1.08. The highest BCUT2D eigenvalue weighted by Crippen LogP contribution is 2.40. The molecule has 0 aliphatic heterocycles. The summed E-state index contributed by atoms with van der Waals surface area (Å²) in [6.07, 6.45) is 0. The van der Waals surface area contributed by atoms with E-state index < -0.39 is 0 Å². The molecule has 2 heterocycles. The van der Waals surface area contributed by atoms with Crippen molar-refractivity contribution >= 4 is 31.5 Å². The van der Waals surface area contributed by atoms with Gasteiger partial charge < -0.3 is 0 Å². The average molecular weight is 720 g/mol. The Labute approximate surface area is 323 Å². The van der Waals surface area contributed by atoms with Crippen LogP contribution in [-0.4, -0.2) is 15.0 Å². The predicted molar refractivity (Wildman–Crippen MR) is 231 cm³/mol. The largest absolute Gasteiger partial charge is 0.208 e. The van der Waals surface area contributed by atoms with Crippen molar-refractivity contribution in [2.24, 2.45) is 0 Å². The Balaban J connectivity index is 1.09.